The van der Waals surface area contributed by atoms with E-state index in [9.17, 15) is 0 Å². The lowest BCUT2D eigenvalue weighted by molar-refractivity contribution is -0.0379. The topological polar surface area (TPSA) is 21.3 Å². The summed E-state index contributed by atoms with van der Waals surface area (Å²) in [6.45, 7) is 10.0. The number of halogens is 2. The maximum atomic E-state index is 6.28. The Hall–Kier alpha value is -0.280. The first kappa shape index (κ1) is 17.8. The summed E-state index contributed by atoms with van der Waals surface area (Å²) in [5.41, 5.74) is 0.712. The maximum Gasteiger partial charge on any atom is 0.0781 e. The Kier molecular flexibility index (Phi) is 7.32. The second-order valence-corrected chi connectivity index (χ2v) is 6.26. The molecule has 0 aliphatic heterocycles. The van der Waals surface area contributed by atoms with Gasteiger partial charge in [0.05, 0.1) is 5.60 Å². The van der Waals surface area contributed by atoms with Crippen LogP contribution in [0.1, 0.15) is 39.7 Å². The molecular weight excluding hydrogens is 293 g/mol. The van der Waals surface area contributed by atoms with Crippen LogP contribution in [0.5, 0.6) is 0 Å². The Balaban J connectivity index is 2.94. The number of nitrogens with one attached hydrogen (secondary N) is 1. The monoisotopic (exact) mass is 317 g/mol. The first-order valence-electron chi connectivity index (χ1n) is 7.22. The SMILES string of the molecule is CCCNC(Cc1c(Cl)cccc1Cl)C(C)(C)OCC. The molecule has 114 valence electrons. The van der Waals surface area contributed by atoms with Crippen LogP contribution in [0.3, 0.4) is 0 Å². The lowest BCUT2D eigenvalue weighted by atomic mass is 9.91. The summed E-state index contributed by atoms with van der Waals surface area (Å²) >= 11 is 12.6. The van der Waals surface area contributed by atoms with Crippen LogP contribution in [0.15, 0.2) is 18.2 Å². The average molecular weight is 318 g/mol. The van der Waals surface area contributed by atoms with Gasteiger partial charge in [0.1, 0.15) is 0 Å². The first-order chi connectivity index (χ1) is 9.42. The van der Waals surface area contributed by atoms with Crippen LogP contribution in [0.25, 0.3) is 0 Å². The molecule has 0 saturated carbocycles. The molecule has 0 heterocycles. The number of hydrogen-bond acceptors (Lipinski definition) is 2. The zero-order valence-corrected chi connectivity index (χ0v) is 14.3. The van der Waals surface area contributed by atoms with E-state index in [2.05, 4.69) is 26.1 Å². The van der Waals surface area contributed by atoms with Crippen molar-refractivity contribution in [2.75, 3.05) is 13.2 Å². The molecule has 0 amide bonds. The van der Waals surface area contributed by atoms with Crippen molar-refractivity contribution in [3.8, 4) is 0 Å². The fraction of sp³-hybridized carbons (Fsp3) is 0.625. The lowest BCUT2D eigenvalue weighted by Crippen LogP contribution is -2.50. The van der Waals surface area contributed by atoms with Gasteiger partial charge in [-0.3, -0.25) is 0 Å². The standard InChI is InChI=1S/C16H25Cl2NO/c1-5-10-19-15(16(3,4)20-6-2)11-12-13(17)8-7-9-14(12)18/h7-9,15,19H,5-6,10-11H2,1-4H3. The fourth-order valence-corrected chi connectivity index (χ4v) is 2.84. The fourth-order valence-electron chi connectivity index (χ4n) is 2.29. The van der Waals surface area contributed by atoms with Crippen molar-refractivity contribution in [2.45, 2.75) is 52.2 Å². The molecular formula is C16H25Cl2NO. The van der Waals surface area contributed by atoms with Gasteiger partial charge in [0.2, 0.25) is 0 Å². The normalized spacial score (nSPS) is 13.5. The third-order valence-electron chi connectivity index (χ3n) is 3.47. The summed E-state index contributed by atoms with van der Waals surface area (Å²) in [5.74, 6) is 0. The third-order valence-corrected chi connectivity index (χ3v) is 4.17. The molecule has 4 heteroatoms. The molecule has 1 unspecified atom stereocenters. The molecule has 1 aromatic rings. The molecule has 20 heavy (non-hydrogen) atoms. The lowest BCUT2D eigenvalue weighted by Gasteiger charge is -2.35. The molecule has 0 saturated heterocycles. The number of benzene rings is 1. The van der Waals surface area contributed by atoms with Crippen LogP contribution in [-0.2, 0) is 11.2 Å². The van der Waals surface area contributed by atoms with Gasteiger partial charge in [-0.2, -0.15) is 0 Å². The predicted molar refractivity (Wildman–Crippen MR) is 88.0 cm³/mol. The molecule has 0 radical (unpaired) electrons. The van der Waals surface area contributed by atoms with Gasteiger partial charge in [-0.05, 0) is 57.9 Å². The van der Waals surface area contributed by atoms with Gasteiger partial charge in [-0.25, -0.2) is 0 Å². The Labute approximate surface area is 132 Å². The van der Waals surface area contributed by atoms with Crippen LogP contribution in [0.2, 0.25) is 10.0 Å². The van der Waals surface area contributed by atoms with Crippen LogP contribution in [-0.4, -0.2) is 24.8 Å². The van der Waals surface area contributed by atoms with Gasteiger partial charge in [0.15, 0.2) is 0 Å². The molecule has 0 aliphatic carbocycles. The van der Waals surface area contributed by atoms with E-state index < -0.39 is 0 Å². The van der Waals surface area contributed by atoms with E-state index in [1.807, 2.05) is 25.1 Å². The molecule has 0 fully saturated rings. The number of rotatable bonds is 8. The minimum atomic E-state index is -0.271. The summed E-state index contributed by atoms with van der Waals surface area (Å²) in [6, 6.07) is 5.80. The highest BCUT2D eigenvalue weighted by Gasteiger charge is 2.30. The van der Waals surface area contributed by atoms with Crippen molar-refractivity contribution < 1.29 is 4.74 Å². The largest absolute Gasteiger partial charge is 0.374 e. The highest BCUT2D eigenvalue weighted by Crippen LogP contribution is 2.28. The molecule has 1 rings (SSSR count). The quantitative estimate of drug-likeness (QED) is 0.749. The minimum Gasteiger partial charge on any atom is -0.374 e. The Morgan fingerprint density at radius 2 is 1.80 bits per heavy atom. The predicted octanol–water partition coefficient (Wildman–Crippen LogP) is 4.72. The molecule has 1 aromatic carbocycles. The maximum absolute atomic E-state index is 6.28. The van der Waals surface area contributed by atoms with Crippen molar-refractivity contribution in [1.29, 1.82) is 0 Å². The molecule has 0 bridgehead atoms. The van der Waals surface area contributed by atoms with Gasteiger partial charge in [-0.1, -0.05) is 36.2 Å². The molecule has 1 N–H and O–H groups in total. The van der Waals surface area contributed by atoms with Crippen LogP contribution < -0.4 is 5.32 Å². The van der Waals surface area contributed by atoms with Gasteiger partial charge >= 0.3 is 0 Å². The van der Waals surface area contributed by atoms with E-state index in [0.717, 1.165) is 24.9 Å². The van der Waals surface area contributed by atoms with Crippen molar-refractivity contribution in [1.82, 2.24) is 5.32 Å². The summed E-state index contributed by atoms with van der Waals surface area (Å²) < 4.78 is 5.89. The third kappa shape index (κ3) is 4.92. The van der Waals surface area contributed by atoms with Gasteiger partial charge in [0.25, 0.3) is 0 Å². The van der Waals surface area contributed by atoms with Crippen molar-refractivity contribution >= 4 is 23.2 Å². The van der Waals surface area contributed by atoms with E-state index in [4.69, 9.17) is 27.9 Å². The summed E-state index contributed by atoms with van der Waals surface area (Å²) in [6.07, 6.45) is 1.83. The number of hydrogen-bond donors (Lipinski definition) is 1. The smallest absolute Gasteiger partial charge is 0.0781 e. The van der Waals surface area contributed by atoms with Crippen molar-refractivity contribution in [3.63, 3.8) is 0 Å². The number of ether oxygens (including phenoxy) is 1. The van der Waals surface area contributed by atoms with Crippen LogP contribution in [0.4, 0.5) is 0 Å². The molecule has 0 spiro atoms. The minimum absolute atomic E-state index is 0.166. The van der Waals surface area contributed by atoms with E-state index in [0.29, 0.717) is 16.7 Å². The van der Waals surface area contributed by atoms with Crippen molar-refractivity contribution in [3.05, 3.63) is 33.8 Å². The molecule has 1 atom stereocenters. The molecule has 0 aliphatic rings. The van der Waals surface area contributed by atoms with Crippen LogP contribution in [0, 0.1) is 0 Å². The van der Waals surface area contributed by atoms with E-state index in [-0.39, 0.29) is 11.6 Å². The van der Waals surface area contributed by atoms with E-state index >= 15 is 0 Å². The van der Waals surface area contributed by atoms with E-state index in [1.54, 1.807) is 0 Å². The zero-order chi connectivity index (χ0) is 15.2. The van der Waals surface area contributed by atoms with Crippen LogP contribution >= 0.6 is 23.2 Å². The zero-order valence-electron chi connectivity index (χ0n) is 12.8. The highest BCUT2D eigenvalue weighted by atomic mass is 35.5. The summed E-state index contributed by atoms with van der Waals surface area (Å²) in [5, 5.41) is 4.99. The average Bonchev–Trinajstić information content (AvgIpc) is 2.37. The van der Waals surface area contributed by atoms with Crippen molar-refractivity contribution in [2.24, 2.45) is 0 Å². The Bertz CT molecular complexity index is 401. The van der Waals surface area contributed by atoms with Gasteiger partial charge in [-0.15, -0.1) is 0 Å². The Morgan fingerprint density at radius 3 is 2.30 bits per heavy atom. The second kappa shape index (κ2) is 8.23. The van der Waals surface area contributed by atoms with Gasteiger partial charge in [0, 0.05) is 22.7 Å². The van der Waals surface area contributed by atoms with Gasteiger partial charge < -0.3 is 10.1 Å². The molecule has 0 aromatic heterocycles. The van der Waals surface area contributed by atoms with E-state index in [1.165, 1.54) is 0 Å². The summed E-state index contributed by atoms with van der Waals surface area (Å²) in [7, 11) is 0. The first-order valence-corrected chi connectivity index (χ1v) is 7.98. The molecule has 2 nitrogen and oxygen atoms in total. The second-order valence-electron chi connectivity index (χ2n) is 5.45. The summed E-state index contributed by atoms with van der Waals surface area (Å²) in [4.78, 5) is 0. The Morgan fingerprint density at radius 1 is 1.20 bits per heavy atom. The highest BCUT2D eigenvalue weighted by molar-refractivity contribution is 6.36.